The molecule has 0 radical (unpaired) electrons. The van der Waals surface area contributed by atoms with Crippen LogP contribution in [0.3, 0.4) is 0 Å². The molecule has 2 heterocycles. The topological polar surface area (TPSA) is 68.8 Å². The zero-order valence-electron chi connectivity index (χ0n) is 11.3. The summed E-state index contributed by atoms with van der Waals surface area (Å²) in [6.07, 6.45) is 8.06. The minimum absolute atomic E-state index is 0.402. The second-order valence-electron chi connectivity index (χ2n) is 5.18. The molecule has 19 heavy (non-hydrogen) atoms. The van der Waals surface area contributed by atoms with Crippen molar-refractivity contribution in [1.82, 2.24) is 25.0 Å². The lowest BCUT2D eigenvalue weighted by Crippen LogP contribution is -2.29. The molecule has 102 valence electrons. The molecule has 3 rings (SSSR count). The van der Waals surface area contributed by atoms with Crippen LogP contribution in [0.5, 0.6) is 0 Å². The van der Waals surface area contributed by atoms with E-state index in [1.54, 1.807) is 12.5 Å². The quantitative estimate of drug-likeness (QED) is 0.911. The number of aromatic nitrogens is 4. The van der Waals surface area contributed by atoms with Crippen molar-refractivity contribution in [2.75, 3.05) is 7.05 Å². The Morgan fingerprint density at radius 1 is 1.32 bits per heavy atom. The van der Waals surface area contributed by atoms with Gasteiger partial charge in [-0.05, 0) is 32.7 Å². The fourth-order valence-corrected chi connectivity index (χ4v) is 2.71. The Bertz CT molecular complexity index is 539. The molecule has 0 amide bonds. The van der Waals surface area contributed by atoms with Crippen molar-refractivity contribution in [3.05, 3.63) is 18.4 Å². The normalized spacial score (nSPS) is 23.7. The molecule has 2 aromatic rings. The van der Waals surface area contributed by atoms with Crippen molar-refractivity contribution in [1.29, 1.82) is 0 Å². The molecule has 6 heteroatoms. The van der Waals surface area contributed by atoms with Gasteiger partial charge in [-0.1, -0.05) is 5.16 Å². The van der Waals surface area contributed by atoms with Crippen LogP contribution in [0.15, 0.2) is 17.0 Å². The Hall–Kier alpha value is -1.69. The number of hydrogen-bond acceptors (Lipinski definition) is 5. The van der Waals surface area contributed by atoms with Gasteiger partial charge in [0.15, 0.2) is 0 Å². The highest BCUT2D eigenvalue weighted by Gasteiger charge is 2.26. The molecule has 0 atom stereocenters. The van der Waals surface area contributed by atoms with Gasteiger partial charge in [-0.25, -0.2) is 4.98 Å². The summed E-state index contributed by atoms with van der Waals surface area (Å²) >= 11 is 0. The Morgan fingerprint density at radius 2 is 2.11 bits per heavy atom. The summed E-state index contributed by atoms with van der Waals surface area (Å²) in [5, 5.41) is 7.40. The van der Waals surface area contributed by atoms with Crippen LogP contribution in [0.4, 0.5) is 0 Å². The average Bonchev–Trinajstić information content (AvgIpc) is 3.07. The predicted octanol–water partition coefficient (Wildman–Crippen LogP) is 1.72. The molecule has 6 nitrogen and oxygen atoms in total. The van der Waals surface area contributed by atoms with Crippen molar-refractivity contribution < 1.29 is 4.52 Å². The van der Waals surface area contributed by atoms with E-state index in [1.807, 2.05) is 18.7 Å². The fraction of sp³-hybridized carbons (Fsp3) is 0.615. The molecule has 1 N–H and O–H groups in total. The van der Waals surface area contributed by atoms with E-state index in [-0.39, 0.29) is 0 Å². The third kappa shape index (κ3) is 2.40. The van der Waals surface area contributed by atoms with Crippen LogP contribution in [0, 0.1) is 0 Å². The second-order valence-corrected chi connectivity index (χ2v) is 5.18. The monoisotopic (exact) mass is 261 g/mol. The molecular weight excluding hydrogens is 242 g/mol. The zero-order chi connectivity index (χ0) is 13.2. The van der Waals surface area contributed by atoms with Crippen LogP contribution < -0.4 is 5.32 Å². The van der Waals surface area contributed by atoms with Crippen molar-refractivity contribution in [2.24, 2.45) is 7.05 Å². The van der Waals surface area contributed by atoms with Crippen molar-refractivity contribution in [3.8, 4) is 11.5 Å². The first kappa shape index (κ1) is 12.3. The Balaban J connectivity index is 1.74. The second kappa shape index (κ2) is 5.13. The Morgan fingerprint density at radius 3 is 2.74 bits per heavy atom. The molecular formula is C13H19N5O. The van der Waals surface area contributed by atoms with Gasteiger partial charge in [-0.15, -0.1) is 0 Å². The molecule has 2 aromatic heterocycles. The highest BCUT2D eigenvalue weighted by molar-refractivity contribution is 5.47. The molecule has 0 aliphatic heterocycles. The van der Waals surface area contributed by atoms with Crippen LogP contribution in [0.25, 0.3) is 11.5 Å². The highest BCUT2D eigenvalue weighted by atomic mass is 16.5. The SMILES string of the molecule is CNC1CCC(c2nc(-c3cncn3C)no2)CC1. The van der Waals surface area contributed by atoms with Crippen molar-refractivity contribution >= 4 is 0 Å². The standard InChI is InChI=1S/C13H19N5O/c1-14-10-5-3-9(4-6-10)13-16-12(17-19-13)11-7-15-8-18(11)2/h7-10,14H,3-6H2,1-2H3. The van der Waals surface area contributed by atoms with Gasteiger partial charge in [0.1, 0.15) is 5.69 Å². The fourth-order valence-electron chi connectivity index (χ4n) is 2.71. The van der Waals surface area contributed by atoms with Crippen LogP contribution in [-0.4, -0.2) is 32.8 Å². The summed E-state index contributed by atoms with van der Waals surface area (Å²) in [4.78, 5) is 8.60. The summed E-state index contributed by atoms with van der Waals surface area (Å²) < 4.78 is 7.32. The predicted molar refractivity (Wildman–Crippen MR) is 70.6 cm³/mol. The lowest BCUT2D eigenvalue weighted by atomic mass is 9.86. The first-order valence-corrected chi connectivity index (χ1v) is 6.75. The van der Waals surface area contributed by atoms with Gasteiger partial charge in [-0.2, -0.15) is 4.98 Å². The molecule has 0 spiro atoms. The van der Waals surface area contributed by atoms with Gasteiger partial charge in [0.05, 0.1) is 12.5 Å². The average molecular weight is 261 g/mol. The van der Waals surface area contributed by atoms with Gasteiger partial charge in [-0.3, -0.25) is 0 Å². The minimum Gasteiger partial charge on any atom is -0.339 e. The van der Waals surface area contributed by atoms with Gasteiger partial charge < -0.3 is 14.4 Å². The lowest BCUT2D eigenvalue weighted by molar-refractivity contribution is 0.288. The third-order valence-electron chi connectivity index (χ3n) is 3.97. The Labute approximate surface area is 112 Å². The molecule has 1 saturated carbocycles. The number of imidazole rings is 1. The van der Waals surface area contributed by atoms with Gasteiger partial charge in [0.2, 0.25) is 11.7 Å². The van der Waals surface area contributed by atoms with E-state index in [0.29, 0.717) is 17.8 Å². The van der Waals surface area contributed by atoms with Gasteiger partial charge >= 0.3 is 0 Å². The van der Waals surface area contributed by atoms with E-state index in [9.17, 15) is 0 Å². The van der Waals surface area contributed by atoms with Gasteiger partial charge in [0.25, 0.3) is 0 Å². The molecule has 0 bridgehead atoms. The number of nitrogens with zero attached hydrogens (tertiary/aromatic N) is 4. The van der Waals surface area contributed by atoms with E-state index in [1.165, 1.54) is 12.8 Å². The maximum absolute atomic E-state index is 5.43. The maximum atomic E-state index is 5.43. The van der Waals surface area contributed by atoms with Crippen molar-refractivity contribution in [2.45, 2.75) is 37.6 Å². The van der Waals surface area contributed by atoms with E-state index >= 15 is 0 Å². The van der Waals surface area contributed by atoms with E-state index < -0.39 is 0 Å². The molecule has 0 saturated heterocycles. The zero-order valence-corrected chi connectivity index (χ0v) is 11.3. The summed E-state index contributed by atoms with van der Waals surface area (Å²) in [5.41, 5.74) is 0.888. The molecule has 1 fully saturated rings. The lowest BCUT2D eigenvalue weighted by Gasteiger charge is -2.25. The van der Waals surface area contributed by atoms with Crippen LogP contribution in [0.2, 0.25) is 0 Å². The molecule has 0 aromatic carbocycles. The number of rotatable bonds is 3. The van der Waals surface area contributed by atoms with E-state index in [2.05, 4.69) is 20.4 Å². The summed E-state index contributed by atoms with van der Waals surface area (Å²) in [5.74, 6) is 1.80. The first-order chi connectivity index (χ1) is 9.28. The number of nitrogens with one attached hydrogen (secondary N) is 1. The van der Waals surface area contributed by atoms with Crippen molar-refractivity contribution in [3.63, 3.8) is 0 Å². The smallest absolute Gasteiger partial charge is 0.230 e. The van der Waals surface area contributed by atoms with Crippen LogP contribution >= 0.6 is 0 Å². The maximum Gasteiger partial charge on any atom is 0.230 e. The van der Waals surface area contributed by atoms with E-state index in [0.717, 1.165) is 24.4 Å². The molecule has 1 aliphatic rings. The summed E-state index contributed by atoms with van der Waals surface area (Å²) in [6, 6.07) is 0.635. The largest absolute Gasteiger partial charge is 0.339 e. The summed E-state index contributed by atoms with van der Waals surface area (Å²) in [7, 11) is 3.95. The van der Waals surface area contributed by atoms with Gasteiger partial charge in [0, 0.05) is 19.0 Å². The third-order valence-corrected chi connectivity index (χ3v) is 3.97. The highest BCUT2D eigenvalue weighted by Crippen LogP contribution is 2.32. The Kier molecular flexibility index (Phi) is 3.33. The van der Waals surface area contributed by atoms with Crippen LogP contribution in [-0.2, 0) is 7.05 Å². The number of hydrogen-bond donors (Lipinski definition) is 1. The summed E-state index contributed by atoms with van der Waals surface area (Å²) in [6.45, 7) is 0. The first-order valence-electron chi connectivity index (χ1n) is 6.75. The van der Waals surface area contributed by atoms with E-state index in [4.69, 9.17) is 4.52 Å². The number of aryl methyl sites for hydroxylation is 1. The molecule has 0 unspecified atom stereocenters. The molecule has 1 aliphatic carbocycles. The van der Waals surface area contributed by atoms with Crippen LogP contribution in [0.1, 0.15) is 37.5 Å². The minimum atomic E-state index is 0.402.